The molecular weight excluding hydrogens is 603 g/mol. The lowest BCUT2D eigenvalue weighted by atomic mass is 9.99. The number of amides is 2. The quantitative estimate of drug-likeness (QED) is 0.192. The van der Waals surface area contributed by atoms with Crippen LogP contribution in [0.5, 0.6) is 0 Å². The van der Waals surface area contributed by atoms with Crippen molar-refractivity contribution in [2.45, 2.75) is 90.6 Å². The number of rotatable bonds is 11. The van der Waals surface area contributed by atoms with Crippen LogP contribution in [0.25, 0.3) is 11.1 Å². The first-order valence-electron chi connectivity index (χ1n) is 15.0. The molecule has 3 rings (SSSR count). The monoisotopic (exact) mass is 650 g/mol. The number of carboxylic acid groups (broad SMARTS) is 1. The zero-order chi connectivity index (χ0) is 32.8. The fourth-order valence-electron chi connectivity index (χ4n) is 5.19. The summed E-state index contributed by atoms with van der Waals surface area (Å²) in [5.41, 5.74) is 0.558. The van der Waals surface area contributed by atoms with Crippen LogP contribution in [0.3, 0.4) is 0 Å². The summed E-state index contributed by atoms with van der Waals surface area (Å²) < 4.78 is 30.8. The average Bonchev–Trinajstić information content (AvgIpc) is 3.37. The number of thiophene rings is 1. The highest BCUT2D eigenvalue weighted by atomic mass is 32.1. The molecule has 0 aliphatic carbocycles. The van der Waals surface area contributed by atoms with Gasteiger partial charge in [0.2, 0.25) is 7.37 Å². The van der Waals surface area contributed by atoms with Gasteiger partial charge in [-0.1, -0.05) is 30.3 Å². The molecule has 1 aliphatic heterocycles. The van der Waals surface area contributed by atoms with Gasteiger partial charge >= 0.3 is 18.2 Å². The standard InChI is InChI=1S/C32H47N2O8PS/c1-8-40-43(39)19-18-33(21-26-20-25(22-44-26)24-14-10-9-11-15-24)23-32(43,27(35)36)16-12-13-17-34(28(37)41-30(2,3)4)29(38)42-31(5,6)7/h9-11,14-15,20,22H,8,12-13,16-19,21,23H2,1-7H3,(H,35,36). The van der Waals surface area contributed by atoms with Crippen molar-refractivity contribution < 1.29 is 38.1 Å². The van der Waals surface area contributed by atoms with Gasteiger partial charge in [0.05, 0.1) is 6.61 Å². The van der Waals surface area contributed by atoms with Crippen LogP contribution >= 0.6 is 18.7 Å². The summed E-state index contributed by atoms with van der Waals surface area (Å²) in [7, 11) is -3.59. The maximum Gasteiger partial charge on any atom is 0.419 e. The largest absolute Gasteiger partial charge is 0.480 e. The van der Waals surface area contributed by atoms with E-state index in [-0.39, 0.29) is 45.1 Å². The Morgan fingerprint density at radius 1 is 1.00 bits per heavy atom. The third-order valence-electron chi connectivity index (χ3n) is 7.17. The first-order chi connectivity index (χ1) is 20.5. The molecule has 12 heteroatoms. The minimum Gasteiger partial charge on any atom is -0.480 e. The van der Waals surface area contributed by atoms with Gasteiger partial charge in [0, 0.05) is 37.2 Å². The van der Waals surface area contributed by atoms with Crippen molar-refractivity contribution in [2.24, 2.45) is 0 Å². The van der Waals surface area contributed by atoms with E-state index in [1.54, 1.807) is 59.8 Å². The number of ether oxygens (including phenoxy) is 2. The van der Waals surface area contributed by atoms with Crippen molar-refractivity contribution in [1.29, 1.82) is 0 Å². The summed E-state index contributed by atoms with van der Waals surface area (Å²) in [5.74, 6) is -1.16. The molecule has 0 bridgehead atoms. The van der Waals surface area contributed by atoms with E-state index in [0.29, 0.717) is 13.1 Å². The average molecular weight is 651 g/mol. The molecule has 0 radical (unpaired) electrons. The van der Waals surface area contributed by atoms with Crippen LogP contribution in [0.2, 0.25) is 0 Å². The SMILES string of the molecule is CCOP1(=O)CCN(Cc2cc(-c3ccccc3)cs2)CC1(CCCCN(C(=O)OC(C)(C)C)C(=O)OC(C)(C)C)C(=O)O. The fourth-order valence-corrected chi connectivity index (χ4v) is 9.10. The molecule has 1 saturated heterocycles. The Labute approximate surface area is 265 Å². The van der Waals surface area contributed by atoms with Gasteiger partial charge in [-0.3, -0.25) is 14.3 Å². The smallest absolute Gasteiger partial charge is 0.419 e. The van der Waals surface area contributed by atoms with E-state index < -0.39 is 41.9 Å². The lowest BCUT2D eigenvalue weighted by Gasteiger charge is -2.44. The van der Waals surface area contributed by atoms with Crippen molar-refractivity contribution >= 4 is 36.9 Å². The summed E-state index contributed by atoms with van der Waals surface area (Å²) in [6.45, 7) is 13.1. The van der Waals surface area contributed by atoms with Crippen molar-refractivity contribution in [1.82, 2.24) is 9.80 Å². The number of benzene rings is 1. The number of nitrogens with zero attached hydrogens (tertiary/aromatic N) is 2. The lowest BCUT2D eigenvalue weighted by Crippen LogP contribution is -2.54. The molecule has 44 heavy (non-hydrogen) atoms. The zero-order valence-electron chi connectivity index (χ0n) is 27.0. The Morgan fingerprint density at radius 2 is 1.61 bits per heavy atom. The third kappa shape index (κ3) is 9.39. The molecular formula is C32H47N2O8PS. The number of hydrogen-bond acceptors (Lipinski definition) is 9. The van der Waals surface area contributed by atoms with E-state index in [1.807, 2.05) is 35.2 Å². The van der Waals surface area contributed by atoms with Gasteiger partial charge in [-0.05, 0) is 90.3 Å². The molecule has 1 aliphatic rings. The number of carbonyl (C=O) groups is 3. The highest BCUT2D eigenvalue weighted by molar-refractivity contribution is 7.62. The second-order valence-corrected chi connectivity index (χ2v) is 17.0. The van der Waals surface area contributed by atoms with Gasteiger partial charge < -0.3 is 19.1 Å². The van der Waals surface area contributed by atoms with Gasteiger partial charge in [-0.2, -0.15) is 0 Å². The molecule has 2 amide bonds. The first kappa shape index (κ1) is 35.8. The maximum atomic E-state index is 14.2. The summed E-state index contributed by atoms with van der Waals surface area (Å²) in [6.07, 6.45) is -0.927. The molecule has 244 valence electrons. The predicted molar refractivity (Wildman–Crippen MR) is 173 cm³/mol. The summed E-state index contributed by atoms with van der Waals surface area (Å²) in [4.78, 5) is 42.8. The highest BCUT2D eigenvalue weighted by Crippen LogP contribution is 2.63. The maximum absolute atomic E-state index is 14.2. The molecule has 1 aromatic heterocycles. The number of carboxylic acids is 1. The van der Waals surface area contributed by atoms with Crippen LogP contribution < -0.4 is 0 Å². The lowest BCUT2D eigenvalue weighted by molar-refractivity contribution is -0.141. The molecule has 1 aromatic carbocycles. The Bertz CT molecular complexity index is 1310. The van der Waals surface area contributed by atoms with Gasteiger partial charge in [0.25, 0.3) is 0 Å². The normalized spacial score (nSPS) is 21.1. The number of unbranched alkanes of at least 4 members (excludes halogenated alkanes) is 1. The van der Waals surface area contributed by atoms with E-state index in [2.05, 4.69) is 11.4 Å². The molecule has 0 saturated carbocycles. The van der Waals surface area contributed by atoms with Crippen molar-refractivity contribution in [3.8, 4) is 11.1 Å². The molecule has 1 fully saturated rings. The van der Waals surface area contributed by atoms with Gasteiger partial charge in [-0.25, -0.2) is 14.5 Å². The molecule has 10 nitrogen and oxygen atoms in total. The van der Waals surface area contributed by atoms with E-state index in [9.17, 15) is 24.1 Å². The molecule has 2 unspecified atom stereocenters. The molecule has 1 N–H and O–H groups in total. The molecule has 2 heterocycles. The van der Waals surface area contributed by atoms with Gasteiger partial charge in [0.15, 0.2) is 5.16 Å². The number of imide groups is 1. The minimum atomic E-state index is -3.59. The third-order valence-corrected chi connectivity index (χ3v) is 11.4. The van der Waals surface area contributed by atoms with E-state index in [4.69, 9.17) is 14.0 Å². The van der Waals surface area contributed by atoms with Crippen LogP contribution in [-0.4, -0.2) is 81.8 Å². The zero-order valence-corrected chi connectivity index (χ0v) is 28.7. The van der Waals surface area contributed by atoms with E-state index in [1.165, 1.54) is 0 Å². The van der Waals surface area contributed by atoms with Crippen molar-refractivity contribution in [3.63, 3.8) is 0 Å². The Hall–Kier alpha value is -2.72. The van der Waals surface area contributed by atoms with Crippen LogP contribution in [0, 0.1) is 0 Å². The van der Waals surface area contributed by atoms with Crippen molar-refractivity contribution in [3.05, 3.63) is 46.7 Å². The molecule has 2 atom stereocenters. The second-order valence-electron chi connectivity index (χ2n) is 13.1. The van der Waals surface area contributed by atoms with Crippen LogP contribution in [0.4, 0.5) is 9.59 Å². The first-order valence-corrected chi connectivity index (χ1v) is 17.7. The second kappa shape index (κ2) is 14.6. The Kier molecular flexibility index (Phi) is 11.9. The fraction of sp³-hybridized carbons (Fsp3) is 0.594. The summed E-state index contributed by atoms with van der Waals surface area (Å²) in [5, 5.41) is 11.1. The van der Waals surface area contributed by atoms with E-state index >= 15 is 0 Å². The predicted octanol–water partition coefficient (Wildman–Crippen LogP) is 7.71. The summed E-state index contributed by atoms with van der Waals surface area (Å²) >= 11 is 1.61. The Morgan fingerprint density at radius 3 is 2.16 bits per heavy atom. The topological polar surface area (TPSA) is 123 Å². The number of carbonyl (C=O) groups excluding carboxylic acids is 2. The van der Waals surface area contributed by atoms with Crippen LogP contribution in [0.15, 0.2) is 41.8 Å². The summed E-state index contributed by atoms with van der Waals surface area (Å²) in [6, 6.07) is 12.2. The molecule has 2 aromatic rings. The van der Waals surface area contributed by atoms with Gasteiger partial charge in [0.1, 0.15) is 11.2 Å². The Balaban J connectivity index is 1.76. The van der Waals surface area contributed by atoms with E-state index in [0.717, 1.165) is 20.9 Å². The van der Waals surface area contributed by atoms with Crippen LogP contribution in [0.1, 0.15) is 72.6 Å². The molecule has 0 spiro atoms. The van der Waals surface area contributed by atoms with Gasteiger partial charge in [-0.15, -0.1) is 11.3 Å². The van der Waals surface area contributed by atoms with Crippen molar-refractivity contribution in [2.75, 3.05) is 32.4 Å². The highest BCUT2D eigenvalue weighted by Gasteiger charge is 2.58. The van der Waals surface area contributed by atoms with Crippen LogP contribution in [-0.2, 0) is 29.9 Å². The number of aliphatic carboxylic acids is 1. The number of hydrogen-bond donors (Lipinski definition) is 1. The minimum absolute atomic E-state index is 0.0420.